The van der Waals surface area contributed by atoms with Gasteiger partial charge < -0.3 is 30.3 Å². The maximum atomic E-state index is 10.4. The quantitative estimate of drug-likeness (QED) is 0.748. The van der Waals surface area contributed by atoms with Crippen LogP contribution in [-0.2, 0) is 0 Å². The maximum absolute atomic E-state index is 10.4. The Kier molecular flexibility index (Phi) is 4.57. The van der Waals surface area contributed by atoms with Gasteiger partial charge in [-0.25, -0.2) is 4.98 Å². The normalized spacial score (nSPS) is 23.7. The number of hydrogen-bond acceptors (Lipinski definition) is 8. The smallest absolute Gasteiger partial charge is 0.227 e. The molecule has 2 aromatic rings. The molecule has 8 nitrogen and oxygen atoms in total. The van der Waals surface area contributed by atoms with Gasteiger partial charge in [0, 0.05) is 24.5 Å². The van der Waals surface area contributed by atoms with Gasteiger partial charge in [0.05, 0.1) is 25.3 Å². The molecule has 0 radical (unpaired) electrons. The van der Waals surface area contributed by atoms with Crippen LogP contribution in [0.15, 0.2) is 12.1 Å². The van der Waals surface area contributed by atoms with Gasteiger partial charge in [-0.1, -0.05) is 6.92 Å². The SMILES string of the molecule is CC[C@@]1(O)CCN(c2nc(N)c3cc(OC)c(OC)cc3n2)C[C@H]1O. The molecule has 2 heterocycles. The molecule has 0 amide bonds. The first kappa shape index (κ1) is 17.5. The van der Waals surface area contributed by atoms with E-state index < -0.39 is 11.7 Å². The van der Waals surface area contributed by atoms with Crippen molar-refractivity contribution in [2.45, 2.75) is 31.5 Å². The van der Waals surface area contributed by atoms with Crippen LogP contribution >= 0.6 is 0 Å². The number of nitrogen functional groups attached to an aromatic ring is 1. The van der Waals surface area contributed by atoms with Gasteiger partial charge in [-0.2, -0.15) is 4.98 Å². The topological polar surface area (TPSA) is 114 Å². The Bertz CT molecular complexity index is 785. The molecule has 0 saturated carbocycles. The summed E-state index contributed by atoms with van der Waals surface area (Å²) < 4.78 is 10.6. The summed E-state index contributed by atoms with van der Waals surface area (Å²) in [5, 5.41) is 21.3. The zero-order valence-electron chi connectivity index (χ0n) is 14.7. The second kappa shape index (κ2) is 6.53. The predicted molar refractivity (Wildman–Crippen MR) is 95.1 cm³/mol. The van der Waals surface area contributed by atoms with Crippen molar-refractivity contribution in [3.63, 3.8) is 0 Å². The van der Waals surface area contributed by atoms with Crippen molar-refractivity contribution in [3.05, 3.63) is 12.1 Å². The van der Waals surface area contributed by atoms with Crippen LogP contribution < -0.4 is 20.1 Å². The molecule has 1 aromatic heterocycles. The van der Waals surface area contributed by atoms with E-state index in [1.807, 2.05) is 11.8 Å². The standard InChI is InChI=1S/C17H24N4O4/c1-4-17(23)5-6-21(9-14(17)22)16-19-11-8-13(25-3)12(24-2)7-10(11)15(18)20-16/h7-8,14,22-23H,4-6,9H2,1-3H3,(H2,18,19,20)/t14-,17-/m1/s1. The first-order chi connectivity index (χ1) is 11.9. The number of hydrogen-bond donors (Lipinski definition) is 3. The highest BCUT2D eigenvalue weighted by molar-refractivity contribution is 5.91. The van der Waals surface area contributed by atoms with Crippen LogP contribution in [0.2, 0.25) is 0 Å². The van der Waals surface area contributed by atoms with E-state index in [2.05, 4.69) is 9.97 Å². The average Bonchev–Trinajstić information content (AvgIpc) is 2.62. The maximum Gasteiger partial charge on any atom is 0.227 e. The molecule has 0 unspecified atom stereocenters. The Morgan fingerprint density at radius 2 is 1.96 bits per heavy atom. The van der Waals surface area contributed by atoms with Crippen molar-refractivity contribution >= 4 is 22.7 Å². The van der Waals surface area contributed by atoms with Gasteiger partial charge in [0.15, 0.2) is 11.5 Å². The highest BCUT2D eigenvalue weighted by Gasteiger charge is 2.39. The summed E-state index contributed by atoms with van der Waals surface area (Å²) in [5.41, 5.74) is 5.68. The van der Waals surface area contributed by atoms with E-state index in [9.17, 15) is 10.2 Å². The lowest BCUT2D eigenvalue weighted by molar-refractivity contribution is -0.0880. The highest BCUT2D eigenvalue weighted by Crippen LogP contribution is 2.35. The molecule has 0 bridgehead atoms. The Hall–Kier alpha value is -2.32. The van der Waals surface area contributed by atoms with Crippen molar-refractivity contribution in [3.8, 4) is 11.5 Å². The third-order valence-electron chi connectivity index (χ3n) is 4.94. The van der Waals surface area contributed by atoms with Gasteiger partial charge >= 0.3 is 0 Å². The Labute approximate surface area is 146 Å². The van der Waals surface area contributed by atoms with Crippen molar-refractivity contribution in [2.75, 3.05) is 37.9 Å². The van der Waals surface area contributed by atoms with Crippen LogP contribution in [0, 0.1) is 0 Å². The molecule has 2 atom stereocenters. The highest BCUT2D eigenvalue weighted by atomic mass is 16.5. The zero-order valence-corrected chi connectivity index (χ0v) is 14.7. The largest absolute Gasteiger partial charge is 0.493 e. The van der Waals surface area contributed by atoms with E-state index >= 15 is 0 Å². The van der Waals surface area contributed by atoms with Crippen LogP contribution in [0.5, 0.6) is 11.5 Å². The lowest BCUT2D eigenvalue weighted by Crippen LogP contribution is -2.55. The minimum atomic E-state index is -1.06. The zero-order chi connectivity index (χ0) is 18.2. The molecule has 8 heteroatoms. The molecule has 25 heavy (non-hydrogen) atoms. The van der Waals surface area contributed by atoms with Gasteiger partial charge in [-0.3, -0.25) is 0 Å². The number of benzene rings is 1. The van der Waals surface area contributed by atoms with E-state index in [1.54, 1.807) is 26.4 Å². The van der Waals surface area contributed by atoms with Crippen LogP contribution in [0.4, 0.5) is 11.8 Å². The fourth-order valence-corrected chi connectivity index (χ4v) is 3.17. The predicted octanol–water partition coefficient (Wildman–Crippen LogP) is 0.941. The Morgan fingerprint density at radius 1 is 1.28 bits per heavy atom. The summed E-state index contributed by atoms with van der Waals surface area (Å²) in [7, 11) is 3.11. The number of anilines is 2. The number of aliphatic hydroxyl groups excluding tert-OH is 1. The molecule has 1 aliphatic heterocycles. The lowest BCUT2D eigenvalue weighted by atomic mass is 9.86. The van der Waals surface area contributed by atoms with Gasteiger partial charge in [0.2, 0.25) is 5.95 Å². The Balaban J connectivity index is 1.98. The van der Waals surface area contributed by atoms with Crippen LogP contribution in [0.25, 0.3) is 10.9 Å². The number of aliphatic hydroxyl groups is 2. The molecule has 0 spiro atoms. The third kappa shape index (κ3) is 3.03. The number of β-amino-alcohol motifs (C(OH)–C–C–N with tert-alkyl or cyclic N) is 1. The van der Waals surface area contributed by atoms with Crippen molar-refractivity contribution in [1.29, 1.82) is 0 Å². The molecule has 1 aromatic carbocycles. The van der Waals surface area contributed by atoms with E-state index in [0.717, 1.165) is 0 Å². The number of nitrogens with two attached hydrogens (primary N) is 1. The third-order valence-corrected chi connectivity index (χ3v) is 4.94. The average molecular weight is 348 g/mol. The minimum absolute atomic E-state index is 0.253. The van der Waals surface area contributed by atoms with E-state index in [1.165, 1.54) is 0 Å². The number of fused-ring (bicyclic) bond motifs is 1. The first-order valence-corrected chi connectivity index (χ1v) is 8.26. The molecule has 1 saturated heterocycles. The summed E-state index contributed by atoms with van der Waals surface area (Å²) in [6.45, 7) is 2.66. The minimum Gasteiger partial charge on any atom is -0.493 e. The van der Waals surface area contributed by atoms with Gasteiger partial charge in [-0.15, -0.1) is 0 Å². The lowest BCUT2D eigenvalue weighted by Gasteiger charge is -2.41. The second-order valence-corrected chi connectivity index (χ2v) is 6.30. The van der Waals surface area contributed by atoms with Gasteiger partial charge in [-0.05, 0) is 18.9 Å². The van der Waals surface area contributed by atoms with Gasteiger partial charge in [0.25, 0.3) is 0 Å². The fraction of sp³-hybridized carbons (Fsp3) is 0.529. The summed E-state index contributed by atoms with van der Waals surface area (Å²) in [6.07, 6.45) is 0.0784. The molecule has 1 aliphatic rings. The summed E-state index contributed by atoms with van der Waals surface area (Å²) in [6, 6.07) is 3.49. The van der Waals surface area contributed by atoms with E-state index in [-0.39, 0.29) is 6.54 Å². The van der Waals surface area contributed by atoms with Crippen molar-refractivity contribution < 1.29 is 19.7 Å². The molecule has 4 N–H and O–H groups in total. The van der Waals surface area contributed by atoms with E-state index in [0.29, 0.717) is 53.6 Å². The van der Waals surface area contributed by atoms with Crippen molar-refractivity contribution in [2.24, 2.45) is 0 Å². The first-order valence-electron chi connectivity index (χ1n) is 8.26. The molecular weight excluding hydrogens is 324 g/mol. The van der Waals surface area contributed by atoms with E-state index in [4.69, 9.17) is 15.2 Å². The number of methoxy groups -OCH3 is 2. The monoisotopic (exact) mass is 348 g/mol. The molecule has 136 valence electrons. The van der Waals surface area contributed by atoms with Crippen molar-refractivity contribution in [1.82, 2.24) is 9.97 Å². The number of piperidine rings is 1. The van der Waals surface area contributed by atoms with Crippen LogP contribution in [0.1, 0.15) is 19.8 Å². The van der Waals surface area contributed by atoms with Gasteiger partial charge in [0.1, 0.15) is 11.9 Å². The molecule has 0 aliphatic carbocycles. The second-order valence-electron chi connectivity index (χ2n) is 6.30. The fourth-order valence-electron chi connectivity index (χ4n) is 3.17. The molecule has 1 fully saturated rings. The number of nitrogens with zero attached hydrogens (tertiary/aromatic N) is 3. The Morgan fingerprint density at radius 3 is 2.56 bits per heavy atom. The summed E-state index contributed by atoms with van der Waals surface area (Å²) in [5.74, 6) is 1.86. The van der Waals surface area contributed by atoms with Crippen LogP contribution in [0.3, 0.4) is 0 Å². The molecular formula is C17H24N4O4. The van der Waals surface area contributed by atoms with Crippen LogP contribution in [-0.4, -0.2) is 59.2 Å². The summed E-state index contributed by atoms with van der Waals surface area (Å²) in [4.78, 5) is 10.8. The number of ether oxygens (including phenoxy) is 2. The number of aromatic nitrogens is 2. The molecule has 3 rings (SSSR count). The number of rotatable bonds is 4. The summed E-state index contributed by atoms with van der Waals surface area (Å²) >= 11 is 0.